The largest absolute Gasteiger partial charge is 0.497 e. The average Bonchev–Trinajstić information content (AvgIpc) is 3.90. The Kier molecular flexibility index (Phi) is 12.9. The van der Waals surface area contributed by atoms with Gasteiger partial charge in [-0.3, -0.25) is 14.4 Å². The SMILES string of the molecule is COc1ccc([Si](C)(C)[C@H]2[C@H](CC(=O)N3Cc4ccccc4C[C@H]3CO)O[C@@]3(C(=O)N(C/C=C(\C)CCC=C(C)C)c4ccc(NC(=O)Cc5c[nH]c6ccccc56)cc43)[C@@H]2C)cc1. The molecule has 3 amide bonds. The van der Waals surface area contributed by atoms with Crippen molar-refractivity contribution >= 4 is 53.3 Å². The molecule has 1 fully saturated rings. The minimum Gasteiger partial charge on any atom is -0.497 e. The van der Waals surface area contributed by atoms with Crippen LogP contribution in [0.15, 0.2) is 120 Å². The van der Waals surface area contributed by atoms with E-state index in [2.05, 4.69) is 81.4 Å². The lowest BCUT2D eigenvalue weighted by Crippen LogP contribution is -2.52. The van der Waals surface area contributed by atoms with Gasteiger partial charge in [0.05, 0.1) is 52.5 Å². The Morgan fingerprint density at radius 1 is 0.984 bits per heavy atom. The van der Waals surface area contributed by atoms with Gasteiger partial charge in [-0.2, -0.15) is 0 Å². The number of allylic oxidation sites excluding steroid dienone is 3. The number of anilines is 2. The van der Waals surface area contributed by atoms with Crippen molar-refractivity contribution in [3.05, 3.63) is 143 Å². The van der Waals surface area contributed by atoms with Crippen LogP contribution in [0.5, 0.6) is 5.75 Å². The zero-order valence-electron chi connectivity index (χ0n) is 38.2. The second-order valence-electron chi connectivity index (χ2n) is 18.8. The summed E-state index contributed by atoms with van der Waals surface area (Å²) >= 11 is 0. The number of hydrogen-bond acceptors (Lipinski definition) is 6. The summed E-state index contributed by atoms with van der Waals surface area (Å²) < 4.78 is 13.0. The number of aliphatic hydroxyl groups is 1. The van der Waals surface area contributed by atoms with Gasteiger partial charge < -0.3 is 34.7 Å². The van der Waals surface area contributed by atoms with Crippen LogP contribution in [0, 0.1) is 5.92 Å². The molecule has 1 aromatic heterocycles. The van der Waals surface area contributed by atoms with Crippen LogP contribution in [0.2, 0.25) is 18.6 Å². The first kappa shape index (κ1) is 44.8. The molecule has 0 radical (unpaired) electrons. The third kappa shape index (κ3) is 8.48. The molecular weight excluding hydrogens is 817 g/mol. The van der Waals surface area contributed by atoms with Crippen molar-refractivity contribution in [1.82, 2.24) is 9.88 Å². The van der Waals surface area contributed by atoms with Crippen LogP contribution in [-0.2, 0) is 44.1 Å². The van der Waals surface area contributed by atoms with E-state index in [1.165, 1.54) is 16.3 Å². The maximum absolute atomic E-state index is 15.6. The van der Waals surface area contributed by atoms with Crippen LogP contribution in [-0.4, -0.2) is 73.2 Å². The quantitative estimate of drug-likeness (QED) is 0.0757. The molecule has 0 bridgehead atoms. The highest BCUT2D eigenvalue weighted by Gasteiger charge is 2.66. The number of aromatic nitrogens is 1. The average molecular weight is 879 g/mol. The number of aromatic amines is 1. The highest BCUT2D eigenvalue weighted by molar-refractivity contribution is 6.91. The fourth-order valence-electron chi connectivity index (χ4n) is 10.7. The van der Waals surface area contributed by atoms with Crippen LogP contribution >= 0.6 is 0 Å². The van der Waals surface area contributed by atoms with Gasteiger partial charge in [0, 0.05) is 47.4 Å². The van der Waals surface area contributed by atoms with Crippen LogP contribution in [0.1, 0.15) is 69.2 Å². The monoisotopic (exact) mass is 878 g/mol. The van der Waals surface area contributed by atoms with E-state index >= 15 is 4.79 Å². The van der Waals surface area contributed by atoms with Gasteiger partial charge in [-0.15, -0.1) is 0 Å². The normalized spacial score (nSPS) is 21.9. The number of benzene rings is 4. The number of aliphatic hydroxyl groups excluding tert-OH is 1. The Morgan fingerprint density at radius 2 is 1.72 bits per heavy atom. The summed E-state index contributed by atoms with van der Waals surface area (Å²) in [4.78, 5) is 51.1. The molecule has 5 atom stereocenters. The van der Waals surface area contributed by atoms with Crippen LogP contribution in [0.25, 0.3) is 10.9 Å². The smallest absolute Gasteiger partial charge is 0.264 e. The van der Waals surface area contributed by atoms with E-state index in [1.54, 1.807) is 12.0 Å². The van der Waals surface area contributed by atoms with E-state index in [1.807, 2.05) is 83.9 Å². The Balaban J connectivity index is 1.18. The summed E-state index contributed by atoms with van der Waals surface area (Å²) in [5.41, 5.74) is 6.92. The van der Waals surface area contributed by atoms with Gasteiger partial charge in [0.2, 0.25) is 11.8 Å². The molecule has 8 rings (SSSR count). The first-order chi connectivity index (χ1) is 30.7. The molecule has 3 N–H and O–H groups in total. The third-order valence-electron chi connectivity index (χ3n) is 14.1. The molecular formula is C53H62N4O6Si. The molecule has 5 aromatic rings. The number of carbonyl (C=O) groups is 3. The number of nitrogens with zero attached hydrogens (tertiary/aromatic N) is 2. The molecule has 3 aliphatic heterocycles. The zero-order chi connectivity index (χ0) is 45.3. The van der Waals surface area contributed by atoms with Crippen molar-refractivity contribution in [3.8, 4) is 5.75 Å². The number of carbonyl (C=O) groups excluding carboxylic acids is 3. The predicted octanol–water partition coefficient (Wildman–Crippen LogP) is 8.95. The second kappa shape index (κ2) is 18.4. The Labute approximate surface area is 378 Å². The van der Waals surface area contributed by atoms with E-state index in [9.17, 15) is 14.7 Å². The molecule has 10 nitrogen and oxygen atoms in total. The third-order valence-corrected chi connectivity index (χ3v) is 18.5. The molecule has 334 valence electrons. The number of amides is 3. The predicted molar refractivity (Wildman–Crippen MR) is 258 cm³/mol. The number of rotatable bonds is 14. The van der Waals surface area contributed by atoms with Crippen molar-refractivity contribution < 1.29 is 29.0 Å². The van der Waals surface area contributed by atoms with E-state index < -0.39 is 19.8 Å². The van der Waals surface area contributed by atoms with Crippen LogP contribution in [0.3, 0.4) is 0 Å². The van der Waals surface area contributed by atoms with Crippen molar-refractivity contribution in [2.45, 2.75) is 103 Å². The second-order valence-corrected chi connectivity index (χ2v) is 23.5. The minimum atomic E-state index is -2.60. The maximum atomic E-state index is 15.6. The zero-order valence-corrected chi connectivity index (χ0v) is 39.2. The van der Waals surface area contributed by atoms with E-state index in [0.717, 1.165) is 51.9 Å². The van der Waals surface area contributed by atoms with Crippen molar-refractivity contribution in [2.75, 3.05) is 30.5 Å². The van der Waals surface area contributed by atoms with Crippen molar-refractivity contribution in [3.63, 3.8) is 0 Å². The van der Waals surface area contributed by atoms with Gasteiger partial charge in [-0.05, 0) is 98.7 Å². The fraction of sp³-hybridized carbons (Fsp3) is 0.377. The summed E-state index contributed by atoms with van der Waals surface area (Å²) in [6.45, 7) is 13.6. The Hall–Kier alpha value is -5.75. The summed E-state index contributed by atoms with van der Waals surface area (Å²) in [5.74, 6) is -0.0487. The standard InChI is InChI=1S/C53H62N4O6Si/c1-34(2)13-12-14-35(3)25-26-56-47-24-19-40(55-49(59)28-39-31-54-46-18-11-10-17-44(39)46)29-45(47)53(52(56)61)36(4)51(64(6,7)43-22-20-42(62-5)21-23-43)48(63-53)30-50(60)57-32-38-16-9-8-15-37(38)27-41(57)33-58/h8-11,13,15-25,29,31,36,41,48,51,54,58H,12,14,26-28,30,32-33H2,1-7H3,(H,55,59)/b35-25+/t36-,41+,48+,51-,53+/m1/s1. The van der Waals surface area contributed by atoms with Crippen molar-refractivity contribution in [1.29, 1.82) is 0 Å². The molecule has 0 saturated carbocycles. The van der Waals surface area contributed by atoms with Gasteiger partial charge in [-0.25, -0.2) is 0 Å². The molecule has 4 aromatic carbocycles. The molecule has 3 aliphatic rings. The lowest BCUT2D eigenvalue weighted by molar-refractivity contribution is -0.150. The number of ether oxygens (including phenoxy) is 2. The number of methoxy groups -OCH3 is 1. The molecule has 1 spiro atoms. The molecule has 11 heteroatoms. The molecule has 0 unspecified atom stereocenters. The number of fused-ring (bicyclic) bond motifs is 4. The number of nitrogens with one attached hydrogen (secondary N) is 2. The van der Waals surface area contributed by atoms with Gasteiger partial charge in [0.15, 0.2) is 5.60 Å². The highest BCUT2D eigenvalue weighted by atomic mass is 28.3. The molecule has 64 heavy (non-hydrogen) atoms. The lowest BCUT2D eigenvalue weighted by Gasteiger charge is -2.39. The lowest BCUT2D eigenvalue weighted by atomic mass is 9.82. The van der Waals surface area contributed by atoms with Crippen molar-refractivity contribution in [2.24, 2.45) is 5.92 Å². The topological polar surface area (TPSA) is 124 Å². The molecule has 1 saturated heterocycles. The van der Waals surface area contributed by atoms with Gasteiger partial charge in [0.1, 0.15) is 5.75 Å². The fourth-order valence-corrected chi connectivity index (χ4v) is 14.7. The van der Waals surface area contributed by atoms with Gasteiger partial charge in [0.25, 0.3) is 5.91 Å². The minimum absolute atomic E-state index is 0.0506. The summed E-state index contributed by atoms with van der Waals surface area (Å²) in [7, 11) is -0.940. The Morgan fingerprint density at radius 3 is 2.45 bits per heavy atom. The molecule has 0 aliphatic carbocycles. The summed E-state index contributed by atoms with van der Waals surface area (Å²) in [5, 5.41) is 15.9. The van der Waals surface area contributed by atoms with Gasteiger partial charge in [-0.1, -0.05) is 103 Å². The van der Waals surface area contributed by atoms with E-state index in [0.29, 0.717) is 30.8 Å². The molecule has 4 heterocycles. The maximum Gasteiger partial charge on any atom is 0.264 e. The van der Waals surface area contributed by atoms with E-state index in [-0.39, 0.29) is 54.7 Å². The number of para-hydroxylation sites is 1. The number of H-pyrrole nitrogens is 1. The van der Waals surface area contributed by atoms with E-state index in [4.69, 9.17) is 9.47 Å². The first-order valence-corrected chi connectivity index (χ1v) is 25.7. The highest BCUT2D eigenvalue weighted by Crippen LogP contribution is 2.60. The first-order valence-electron chi connectivity index (χ1n) is 22.6. The van der Waals surface area contributed by atoms with Crippen LogP contribution in [0.4, 0.5) is 11.4 Å². The number of hydrogen-bond donors (Lipinski definition) is 3. The Bertz CT molecular complexity index is 2610. The summed E-state index contributed by atoms with van der Waals surface area (Å²) in [6, 6.07) is 29.6. The summed E-state index contributed by atoms with van der Waals surface area (Å²) in [6.07, 6.45) is 8.20. The van der Waals surface area contributed by atoms with Crippen LogP contribution < -0.4 is 20.1 Å². The van der Waals surface area contributed by atoms with Gasteiger partial charge >= 0.3 is 0 Å².